The smallest absolute Gasteiger partial charge is 0.376 e. The van der Waals surface area contributed by atoms with Crippen molar-refractivity contribution in [1.82, 2.24) is 9.97 Å². The number of carboxylic acids is 1. The summed E-state index contributed by atoms with van der Waals surface area (Å²) in [6.45, 7) is 1.93. The Labute approximate surface area is 240 Å². The van der Waals surface area contributed by atoms with Crippen LogP contribution in [0, 0.1) is 0 Å². The minimum absolute atomic E-state index is 0.191. The van der Waals surface area contributed by atoms with Gasteiger partial charge < -0.3 is 19.7 Å². The minimum Gasteiger partial charge on any atom is -0.507 e. The van der Waals surface area contributed by atoms with Crippen molar-refractivity contribution in [3.63, 3.8) is 0 Å². The summed E-state index contributed by atoms with van der Waals surface area (Å²) in [6.07, 6.45) is 0.664. The standard InChI is InChI=1S/C31H26N2O7S/c1-3-40-30(38)26-27(21-7-5-4-6-8-21)32-31(33-28(26)22-13-15-23(39-2)16-14-22)41-18-19-9-11-20(12-10-19)24(34)17-25(35)29(36)37/h4-17,34H,3,18H2,1-2H3,(H,36,37)/b24-17-. The monoisotopic (exact) mass is 570 g/mol. The number of esters is 1. The van der Waals surface area contributed by atoms with Crippen molar-refractivity contribution in [2.24, 2.45) is 0 Å². The van der Waals surface area contributed by atoms with Gasteiger partial charge in [0.1, 0.15) is 17.1 Å². The molecule has 0 aliphatic rings. The maximum absolute atomic E-state index is 13.2. The Balaban J connectivity index is 1.71. The average molecular weight is 571 g/mol. The lowest BCUT2D eigenvalue weighted by atomic mass is 10.00. The molecule has 4 rings (SSSR count). The largest absolute Gasteiger partial charge is 0.507 e. The Morgan fingerprint density at radius 1 is 0.854 bits per heavy atom. The van der Waals surface area contributed by atoms with E-state index in [9.17, 15) is 19.5 Å². The van der Waals surface area contributed by atoms with Crippen LogP contribution in [0.25, 0.3) is 28.3 Å². The number of rotatable bonds is 11. The molecule has 4 aromatic rings. The summed E-state index contributed by atoms with van der Waals surface area (Å²) in [5, 5.41) is 19.2. The third-order valence-electron chi connectivity index (χ3n) is 5.87. The summed E-state index contributed by atoms with van der Waals surface area (Å²) < 4.78 is 10.7. The number of ketones is 1. The van der Waals surface area contributed by atoms with Crippen LogP contribution in [0.4, 0.5) is 0 Å². The van der Waals surface area contributed by atoms with E-state index in [0.29, 0.717) is 45.2 Å². The molecule has 0 aliphatic heterocycles. The van der Waals surface area contributed by atoms with Crippen molar-refractivity contribution in [2.75, 3.05) is 13.7 Å². The van der Waals surface area contributed by atoms with Crippen molar-refractivity contribution >= 4 is 35.2 Å². The SMILES string of the molecule is CCOC(=O)c1c(-c2ccccc2)nc(SCc2ccc(/C(O)=C/C(=O)C(=O)O)cc2)nc1-c1ccc(OC)cc1. The van der Waals surface area contributed by atoms with Gasteiger partial charge in [-0.15, -0.1) is 0 Å². The van der Waals surface area contributed by atoms with E-state index in [1.807, 2.05) is 42.5 Å². The van der Waals surface area contributed by atoms with Gasteiger partial charge in [-0.25, -0.2) is 19.6 Å². The Morgan fingerprint density at radius 3 is 2.02 bits per heavy atom. The number of hydrogen-bond acceptors (Lipinski definition) is 9. The van der Waals surface area contributed by atoms with Crippen LogP contribution >= 0.6 is 11.8 Å². The third-order valence-corrected chi connectivity index (χ3v) is 6.79. The quantitative estimate of drug-likeness (QED) is 0.0565. The fourth-order valence-electron chi connectivity index (χ4n) is 3.85. The number of carboxylic acid groups (broad SMARTS) is 1. The van der Waals surface area contributed by atoms with E-state index < -0.39 is 23.5 Å². The van der Waals surface area contributed by atoms with Gasteiger partial charge in [0.05, 0.1) is 25.1 Å². The number of ether oxygens (including phenoxy) is 2. The highest BCUT2D eigenvalue weighted by Gasteiger charge is 2.24. The number of aliphatic carboxylic acids is 1. The van der Waals surface area contributed by atoms with Gasteiger partial charge in [0.25, 0.3) is 5.78 Å². The molecule has 0 fully saturated rings. The first-order chi connectivity index (χ1) is 19.8. The highest BCUT2D eigenvalue weighted by atomic mass is 32.2. The molecule has 0 radical (unpaired) electrons. The molecule has 0 aliphatic carbocycles. The topological polar surface area (TPSA) is 136 Å². The van der Waals surface area contributed by atoms with Gasteiger partial charge in [-0.05, 0) is 36.8 Å². The summed E-state index contributed by atoms with van der Waals surface area (Å²) in [4.78, 5) is 44.8. The molecule has 0 unspecified atom stereocenters. The first-order valence-corrected chi connectivity index (χ1v) is 13.5. The van der Waals surface area contributed by atoms with Gasteiger partial charge in [-0.1, -0.05) is 66.4 Å². The van der Waals surface area contributed by atoms with E-state index in [1.165, 1.54) is 11.8 Å². The normalized spacial score (nSPS) is 11.1. The molecule has 9 nitrogen and oxygen atoms in total. The van der Waals surface area contributed by atoms with Crippen molar-refractivity contribution < 1.29 is 34.1 Å². The van der Waals surface area contributed by atoms with Gasteiger partial charge in [0, 0.05) is 28.5 Å². The van der Waals surface area contributed by atoms with E-state index in [0.717, 1.165) is 11.1 Å². The van der Waals surface area contributed by atoms with Crippen LogP contribution in [-0.2, 0) is 20.1 Å². The second-order valence-electron chi connectivity index (χ2n) is 8.58. The lowest BCUT2D eigenvalue weighted by Crippen LogP contribution is -2.12. The van der Waals surface area contributed by atoms with E-state index in [4.69, 9.17) is 24.5 Å². The predicted octanol–water partition coefficient (Wildman–Crippen LogP) is 5.84. The van der Waals surface area contributed by atoms with Gasteiger partial charge >= 0.3 is 11.9 Å². The number of nitrogens with zero attached hydrogens (tertiary/aromatic N) is 2. The Kier molecular flexibility index (Phi) is 9.49. The van der Waals surface area contributed by atoms with E-state index in [-0.39, 0.29) is 12.2 Å². The van der Waals surface area contributed by atoms with Crippen LogP contribution in [0.3, 0.4) is 0 Å². The van der Waals surface area contributed by atoms with Gasteiger partial charge in [0.2, 0.25) is 0 Å². The number of aliphatic hydroxyl groups excluding tert-OH is 1. The summed E-state index contributed by atoms with van der Waals surface area (Å²) in [5.41, 5.74) is 3.72. The van der Waals surface area contributed by atoms with Crippen LogP contribution in [0.5, 0.6) is 5.75 Å². The van der Waals surface area contributed by atoms with Crippen LogP contribution in [0.2, 0.25) is 0 Å². The van der Waals surface area contributed by atoms with Gasteiger partial charge in [-0.3, -0.25) is 4.79 Å². The first kappa shape index (κ1) is 29.0. The van der Waals surface area contributed by atoms with Crippen molar-refractivity contribution in [3.05, 3.63) is 102 Å². The molecular weight excluding hydrogens is 544 g/mol. The second kappa shape index (κ2) is 13.4. The number of aliphatic hydroxyl groups is 1. The van der Waals surface area contributed by atoms with Crippen molar-refractivity contribution in [2.45, 2.75) is 17.8 Å². The molecule has 1 aromatic heterocycles. The third kappa shape index (κ3) is 7.17. The summed E-state index contributed by atoms with van der Waals surface area (Å²) in [6, 6.07) is 23.2. The molecule has 208 valence electrons. The maximum Gasteiger partial charge on any atom is 0.376 e. The number of carbonyl (C=O) groups is 3. The van der Waals surface area contributed by atoms with Gasteiger partial charge in [0.15, 0.2) is 5.16 Å². The zero-order valence-corrected chi connectivity index (χ0v) is 23.1. The average Bonchev–Trinajstić information content (AvgIpc) is 3.00. The molecule has 3 aromatic carbocycles. The minimum atomic E-state index is -1.65. The number of carbonyl (C=O) groups excluding carboxylic acids is 2. The zero-order chi connectivity index (χ0) is 29.4. The number of hydrogen-bond donors (Lipinski definition) is 2. The number of methoxy groups -OCH3 is 1. The fraction of sp³-hybridized carbons (Fsp3) is 0.129. The molecule has 0 amide bonds. The van der Waals surface area contributed by atoms with E-state index in [2.05, 4.69) is 0 Å². The molecule has 0 saturated heterocycles. The molecule has 0 saturated carbocycles. The van der Waals surface area contributed by atoms with Crippen LogP contribution in [0.15, 0.2) is 90.1 Å². The highest BCUT2D eigenvalue weighted by molar-refractivity contribution is 7.98. The Hall–Kier alpha value is -4.96. The fourth-order valence-corrected chi connectivity index (χ4v) is 4.65. The lowest BCUT2D eigenvalue weighted by molar-refractivity contribution is -0.146. The summed E-state index contributed by atoms with van der Waals surface area (Å²) in [7, 11) is 1.58. The summed E-state index contributed by atoms with van der Waals surface area (Å²) >= 11 is 1.35. The second-order valence-corrected chi connectivity index (χ2v) is 9.52. The molecular formula is C31H26N2O7S. The summed E-state index contributed by atoms with van der Waals surface area (Å²) in [5.74, 6) is -2.72. The number of benzene rings is 3. The molecule has 1 heterocycles. The Morgan fingerprint density at radius 2 is 1.46 bits per heavy atom. The van der Waals surface area contributed by atoms with Gasteiger partial charge in [-0.2, -0.15) is 0 Å². The number of aromatic nitrogens is 2. The molecule has 0 atom stereocenters. The van der Waals surface area contributed by atoms with Crippen molar-refractivity contribution in [1.29, 1.82) is 0 Å². The predicted molar refractivity (Wildman–Crippen MR) is 155 cm³/mol. The van der Waals surface area contributed by atoms with Crippen LogP contribution in [0.1, 0.15) is 28.4 Å². The Bertz CT molecular complexity index is 1590. The highest BCUT2D eigenvalue weighted by Crippen LogP contribution is 2.34. The lowest BCUT2D eigenvalue weighted by Gasteiger charge is -2.15. The number of thioether (sulfide) groups is 1. The van der Waals surface area contributed by atoms with Crippen molar-refractivity contribution in [3.8, 4) is 28.3 Å². The van der Waals surface area contributed by atoms with Crippen LogP contribution < -0.4 is 4.74 Å². The molecule has 2 N–H and O–H groups in total. The molecule has 0 bridgehead atoms. The molecule has 41 heavy (non-hydrogen) atoms. The first-order valence-electron chi connectivity index (χ1n) is 12.5. The maximum atomic E-state index is 13.2. The molecule has 0 spiro atoms. The van der Waals surface area contributed by atoms with E-state index in [1.54, 1.807) is 50.4 Å². The molecule has 10 heteroatoms. The van der Waals surface area contributed by atoms with E-state index >= 15 is 0 Å². The zero-order valence-electron chi connectivity index (χ0n) is 22.2. The van der Waals surface area contributed by atoms with Crippen LogP contribution in [-0.4, -0.2) is 51.6 Å².